The smallest absolute Gasteiger partial charge is 0.274 e. The van der Waals surface area contributed by atoms with Crippen LogP contribution in [0.15, 0.2) is 42.6 Å². The van der Waals surface area contributed by atoms with Gasteiger partial charge >= 0.3 is 0 Å². The maximum absolute atomic E-state index is 12.7. The van der Waals surface area contributed by atoms with E-state index in [-0.39, 0.29) is 12.5 Å². The number of piperidine rings is 1. The van der Waals surface area contributed by atoms with Crippen LogP contribution in [0.4, 0.5) is 0 Å². The quantitative estimate of drug-likeness (QED) is 0.869. The molecule has 2 aromatic rings. The van der Waals surface area contributed by atoms with Gasteiger partial charge in [-0.3, -0.25) is 4.79 Å². The highest BCUT2D eigenvalue weighted by atomic mass is 16.3. The van der Waals surface area contributed by atoms with E-state index in [0.717, 1.165) is 44.6 Å². The lowest BCUT2D eigenvalue weighted by atomic mass is 10.0. The van der Waals surface area contributed by atoms with Gasteiger partial charge < -0.3 is 14.9 Å². The molecular formula is C19H26N4O2. The fraction of sp³-hybridized carbons (Fsp3) is 0.474. The number of nitrogens with zero attached hydrogens (tertiary/aromatic N) is 4. The Morgan fingerprint density at radius 1 is 1.24 bits per heavy atom. The molecule has 0 spiro atoms. The second-order valence-electron chi connectivity index (χ2n) is 6.56. The van der Waals surface area contributed by atoms with Crippen LogP contribution in [0.1, 0.15) is 29.8 Å². The summed E-state index contributed by atoms with van der Waals surface area (Å²) < 4.78 is 1.74. The molecule has 1 aromatic carbocycles. The van der Waals surface area contributed by atoms with Crippen LogP contribution in [0.3, 0.4) is 0 Å². The van der Waals surface area contributed by atoms with Crippen LogP contribution in [0.5, 0.6) is 0 Å². The van der Waals surface area contributed by atoms with Gasteiger partial charge in [0.2, 0.25) is 0 Å². The summed E-state index contributed by atoms with van der Waals surface area (Å²) in [5.74, 6) is 0.00569. The molecule has 0 aliphatic carbocycles. The molecule has 0 saturated carbocycles. The van der Waals surface area contributed by atoms with Gasteiger partial charge in [-0.05, 0) is 44.5 Å². The Bertz CT molecular complexity index is 678. The number of para-hydroxylation sites is 1. The number of likely N-dealkylation sites (tertiary alicyclic amines) is 1. The van der Waals surface area contributed by atoms with Crippen molar-refractivity contribution in [2.24, 2.45) is 0 Å². The average molecular weight is 342 g/mol. The normalized spacial score (nSPS) is 15.7. The van der Waals surface area contributed by atoms with Crippen LogP contribution in [-0.2, 0) is 0 Å². The van der Waals surface area contributed by atoms with E-state index < -0.39 is 0 Å². The fourth-order valence-corrected chi connectivity index (χ4v) is 3.34. The molecule has 25 heavy (non-hydrogen) atoms. The zero-order chi connectivity index (χ0) is 17.6. The van der Waals surface area contributed by atoms with Gasteiger partial charge in [-0.15, -0.1) is 0 Å². The maximum Gasteiger partial charge on any atom is 0.274 e. The van der Waals surface area contributed by atoms with E-state index in [1.54, 1.807) is 10.7 Å². The van der Waals surface area contributed by atoms with Crippen molar-refractivity contribution in [3.63, 3.8) is 0 Å². The first-order valence-electron chi connectivity index (χ1n) is 8.90. The number of carbonyl (C=O) groups is 1. The number of aliphatic hydroxyl groups is 1. The zero-order valence-corrected chi connectivity index (χ0v) is 14.7. The Kier molecular flexibility index (Phi) is 5.83. The first kappa shape index (κ1) is 17.6. The minimum atomic E-state index is 0.00569. The third kappa shape index (κ3) is 4.27. The van der Waals surface area contributed by atoms with Crippen molar-refractivity contribution in [1.29, 1.82) is 0 Å². The highest BCUT2D eigenvalue weighted by Crippen LogP contribution is 2.18. The van der Waals surface area contributed by atoms with E-state index in [4.69, 9.17) is 5.11 Å². The van der Waals surface area contributed by atoms with Gasteiger partial charge in [0.05, 0.1) is 5.69 Å². The second kappa shape index (κ2) is 8.27. The molecule has 0 radical (unpaired) electrons. The molecule has 6 nitrogen and oxygen atoms in total. The lowest BCUT2D eigenvalue weighted by Crippen LogP contribution is -2.46. The van der Waals surface area contributed by atoms with Crippen LogP contribution in [0.2, 0.25) is 0 Å². The van der Waals surface area contributed by atoms with E-state index in [9.17, 15) is 4.79 Å². The van der Waals surface area contributed by atoms with Crippen molar-refractivity contribution in [2.45, 2.75) is 25.3 Å². The van der Waals surface area contributed by atoms with Crippen LogP contribution in [0, 0.1) is 0 Å². The Labute approximate surface area is 148 Å². The van der Waals surface area contributed by atoms with Crippen LogP contribution >= 0.6 is 0 Å². The summed E-state index contributed by atoms with van der Waals surface area (Å²) in [6, 6.07) is 12.1. The van der Waals surface area contributed by atoms with E-state index in [2.05, 4.69) is 17.0 Å². The van der Waals surface area contributed by atoms with Crippen molar-refractivity contribution < 1.29 is 9.90 Å². The van der Waals surface area contributed by atoms with Crippen LogP contribution < -0.4 is 0 Å². The summed E-state index contributed by atoms with van der Waals surface area (Å²) in [7, 11) is 2.10. The molecule has 1 fully saturated rings. The highest BCUT2D eigenvalue weighted by Gasteiger charge is 2.26. The van der Waals surface area contributed by atoms with Gasteiger partial charge in [-0.1, -0.05) is 18.2 Å². The topological polar surface area (TPSA) is 61.6 Å². The number of benzene rings is 1. The SMILES string of the molecule is CN(CCCO)C1CCN(C(=O)c2ccn(-c3ccccc3)n2)CC1. The Morgan fingerprint density at radius 2 is 1.96 bits per heavy atom. The van der Waals surface area contributed by atoms with Gasteiger partial charge in [0.15, 0.2) is 5.69 Å². The van der Waals surface area contributed by atoms with E-state index in [1.165, 1.54) is 0 Å². The minimum absolute atomic E-state index is 0.00569. The Hall–Kier alpha value is -2.18. The summed E-state index contributed by atoms with van der Waals surface area (Å²) in [5.41, 5.74) is 1.45. The lowest BCUT2D eigenvalue weighted by molar-refractivity contribution is 0.0635. The summed E-state index contributed by atoms with van der Waals surface area (Å²) in [4.78, 5) is 16.9. The van der Waals surface area contributed by atoms with Crippen LogP contribution in [0.25, 0.3) is 5.69 Å². The highest BCUT2D eigenvalue weighted by molar-refractivity contribution is 5.92. The molecule has 0 unspecified atom stereocenters. The minimum Gasteiger partial charge on any atom is -0.396 e. The van der Waals surface area contributed by atoms with Gasteiger partial charge in [0.25, 0.3) is 5.91 Å². The largest absolute Gasteiger partial charge is 0.396 e. The first-order chi connectivity index (χ1) is 12.2. The molecule has 1 saturated heterocycles. The predicted octanol–water partition coefficient (Wildman–Crippen LogP) is 1.79. The van der Waals surface area contributed by atoms with E-state index in [1.807, 2.05) is 41.4 Å². The molecular weight excluding hydrogens is 316 g/mol. The summed E-state index contributed by atoms with van der Waals surface area (Å²) in [5, 5.41) is 13.4. The molecule has 1 aliphatic rings. The number of amides is 1. The van der Waals surface area contributed by atoms with Crippen molar-refractivity contribution in [1.82, 2.24) is 19.6 Å². The van der Waals surface area contributed by atoms with Crippen molar-refractivity contribution in [2.75, 3.05) is 33.3 Å². The molecule has 1 amide bonds. The van der Waals surface area contributed by atoms with Gasteiger partial charge in [-0.2, -0.15) is 5.10 Å². The third-order valence-electron chi connectivity index (χ3n) is 4.87. The summed E-state index contributed by atoms with van der Waals surface area (Å²) in [6.07, 6.45) is 4.56. The standard InChI is InChI=1S/C19H26N4O2/c1-21(11-5-15-24)16-8-12-22(13-9-16)19(25)18-10-14-23(20-18)17-6-3-2-4-7-17/h2-4,6-7,10,14,16,24H,5,8-9,11-13,15H2,1H3. The molecule has 2 heterocycles. The van der Waals surface area contributed by atoms with Gasteiger partial charge in [-0.25, -0.2) is 4.68 Å². The van der Waals surface area contributed by atoms with Crippen molar-refractivity contribution in [3.8, 4) is 5.69 Å². The lowest BCUT2D eigenvalue weighted by Gasteiger charge is -2.36. The number of rotatable bonds is 6. The second-order valence-corrected chi connectivity index (χ2v) is 6.56. The molecule has 0 bridgehead atoms. The first-order valence-corrected chi connectivity index (χ1v) is 8.90. The van der Waals surface area contributed by atoms with E-state index in [0.29, 0.717) is 11.7 Å². The van der Waals surface area contributed by atoms with Gasteiger partial charge in [0.1, 0.15) is 0 Å². The molecule has 1 N–H and O–H groups in total. The zero-order valence-electron chi connectivity index (χ0n) is 14.7. The number of carbonyl (C=O) groups excluding carboxylic acids is 1. The molecule has 134 valence electrons. The molecule has 1 aromatic heterocycles. The fourth-order valence-electron chi connectivity index (χ4n) is 3.34. The Morgan fingerprint density at radius 3 is 2.64 bits per heavy atom. The number of hydrogen-bond donors (Lipinski definition) is 1. The number of aromatic nitrogens is 2. The molecule has 0 atom stereocenters. The van der Waals surface area contributed by atoms with Gasteiger partial charge in [0, 0.05) is 38.5 Å². The van der Waals surface area contributed by atoms with E-state index >= 15 is 0 Å². The third-order valence-corrected chi connectivity index (χ3v) is 4.87. The predicted molar refractivity (Wildman–Crippen MR) is 96.8 cm³/mol. The van der Waals surface area contributed by atoms with Crippen LogP contribution in [-0.4, -0.2) is 69.9 Å². The molecule has 3 rings (SSSR count). The maximum atomic E-state index is 12.7. The summed E-state index contributed by atoms with van der Waals surface area (Å²) >= 11 is 0. The Balaban J connectivity index is 1.57. The molecule has 1 aliphatic heterocycles. The monoisotopic (exact) mass is 342 g/mol. The average Bonchev–Trinajstić information content (AvgIpc) is 3.16. The number of hydrogen-bond acceptors (Lipinski definition) is 4. The summed E-state index contributed by atoms with van der Waals surface area (Å²) in [6.45, 7) is 2.64. The van der Waals surface area contributed by atoms with Crippen molar-refractivity contribution in [3.05, 3.63) is 48.3 Å². The van der Waals surface area contributed by atoms with Crippen molar-refractivity contribution >= 4 is 5.91 Å². The molecule has 6 heteroatoms. The number of aliphatic hydroxyl groups excluding tert-OH is 1.